The second kappa shape index (κ2) is 7.75. The van der Waals surface area contributed by atoms with Crippen molar-refractivity contribution in [3.05, 3.63) is 88.7 Å². The standard InChI is InChI=1S/C18H14N4O4S/c23-22(24)17-7-3-14(4-8-17)12-20-15-5-9-18(10-6-15)27(25,26)21-16-2-1-11-19-13-16/h1-13,21H. The molecule has 0 saturated carbocycles. The van der Waals surface area contributed by atoms with Crippen molar-refractivity contribution in [2.24, 2.45) is 4.99 Å². The van der Waals surface area contributed by atoms with E-state index >= 15 is 0 Å². The van der Waals surface area contributed by atoms with Gasteiger partial charge in [-0.2, -0.15) is 0 Å². The van der Waals surface area contributed by atoms with E-state index in [1.54, 1.807) is 48.8 Å². The number of hydrogen-bond acceptors (Lipinski definition) is 6. The van der Waals surface area contributed by atoms with Gasteiger partial charge in [-0.05, 0) is 54.1 Å². The van der Waals surface area contributed by atoms with Crippen molar-refractivity contribution in [2.75, 3.05) is 4.72 Å². The average Bonchev–Trinajstić information content (AvgIpc) is 2.67. The number of rotatable bonds is 6. The highest BCUT2D eigenvalue weighted by Gasteiger charge is 2.13. The average molecular weight is 382 g/mol. The summed E-state index contributed by atoms with van der Waals surface area (Å²) in [6.07, 6.45) is 4.51. The van der Waals surface area contributed by atoms with Gasteiger partial charge in [-0.25, -0.2) is 8.42 Å². The number of aromatic nitrogens is 1. The maximum Gasteiger partial charge on any atom is 0.269 e. The maximum atomic E-state index is 12.3. The van der Waals surface area contributed by atoms with Gasteiger partial charge in [0, 0.05) is 24.5 Å². The zero-order chi connectivity index (χ0) is 19.3. The molecule has 1 aromatic heterocycles. The number of sulfonamides is 1. The number of anilines is 1. The molecule has 1 heterocycles. The minimum atomic E-state index is -3.72. The van der Waals surface area contributed by atoms with Crippen LogP contribution in [0.1, 0.15) is 5.56 Å². The topological polar surface area (TPSA) is 115 Å². The predicted octanol–water partition coefficient (Wildman–Crippen LogP) is 3.54. The summed E-state index contributed by atoms with van der Waals surface area (Å²) in [6.45, 7) is 0. The van der Waals surface area contributed by atoms with E-state index in [-0.39, 0.29) is 10.6 Å². The fourth-order valence-electron chi connectivity index (χ4n) is 2.18. The van der Waals surface area contributed by atoms with E-state index in [0.717, 1.165) is 0 Å². The van der Waals surface area contributed by atoms with Crippen LogP contribution in [0.4, 0.5) is 17.1 Å². The highest BCUT2D eigenvalue weighted by molar-refractivity contribution is 7.92. The molecule has 0 aliphatic carbocycles. The molecular formula is C18H14N4O4S. The number of nitrogens with zero attached hydrogens (tertiary/aromatic N) is 3. The van der Waals surface area contributed by atoms with Gasteiger partial charge in [-0.15, -0.1) is 0 Å². The third-order valence-corrected chi connectivity index (χ3v) is 4.92. The Morgan fingerprint density at radius 1 is 1.04 bits per heavy atom. The lowest BCUT2D eigenvalue weighted by molar-refractivity contribution is -0.384. The first-order valence-corrected chi connectivity index (χ1v) is 9.24. The zero-order valence-electron chi connectivity index (χ0n) is 13.9. The summed E-state index contributed by atoms with van der Waals surface area (Å²) in [5.41, 5.74) is 1.62. The third kappa shape index (κ3) is 4.73. The van der Waals surface area contributed by atoms with E-state index in [9.17, 15) is 18.5 Å². The summed E-state index contributed by atoms with van der Waals surface area (Å²) < 4.78 is 27.1. The molecule has 0 saturated heterocycles. The Morgan fingerprint density at radius 3 is 2.33 bits per heavy atom. The number of nitrogens with one attached hydrogen (secondary N) is 1. The summed E-state index contributed by atoms with van der Waals surface area (Å²) in [4.78, 5) is 18.4. The smallest absolute Gasteiger partial charge is 0.269 e. The lowest BCUT2D eigenvalue weighted by Gasteiger charge is -2.07. The number of pyridine rings is 1. The molecule has 136 valence electrons. The minimum Gasteiger partial charge on any atom is -0.278 e. The summed E-state index contributed by atoms with van der Waals surface area (Å²) in [5.74, 6) is 0. The number of nitro benzene ring substituents is 1. The summed E-state index contributed by atoms with van der Waals surface area (Å²) >= 11 is 0. The van der Waals surface area contributed by atoms with Crippen LogP contribution in [0.25, 0.3) is 0 Å². The van der Waals surface area contributed by atoms with Gasteiger partial charge in [0.1, 0.15) is 0 Å². The van der Waals surface area contributed by atoms with Gasteiger partial charge < -0.3 is 0 Å². The molecule has 27 heavy (non-hydrogen) atoms. The third-order valence-electron chi connectivity index (χ3n) is 3.53. The molecule has 9 heteroatoms. The zero-order valence-corrected chi connectivity index (χ0v) is 14.7. The maximum absolute atomic E-state index is 12.3. The molecule has 8 nitrogen and oxygen atoms in total. The number of benzene rings is 2. The van der Waals surface area contributed by atoms with Crippen LogP contribution in [0.3, 0.4) is 0 Å². The first-order chi connectivity index (χ1) is 12.9. The highest BCUT2D eigenvalue weighted by atomic mass is 32.2. The van der Waals surface area contributed by atoms with E-state index in [2.05, 4.69) is 14.7 Å². The Labute approximate surface area is 155 Å². The Bertz CT molecular complexity index is 1060. The Balaban J connectivity index is 1.72. The van der Waals surface area contributed by atoms with Crippen molar-refractivity contribution in [1.29, 1.82) is 0 Å². The molecule has 2 aromatic carbocycles. The van der Waals surface area contributed by atoms with E-state index in [0.29, 0.717) is 16.9 Å². The van der Waals surface area contributed by atoms with Gasteiger partial charge in [-0.1, -0.05) is 0 Å². The second-order valence-corrected chi connectivity index (χ2v) is 7.13. The molecule has 0 unspecified atom stereocenters. The second-order valence-electron chi connectivity index (χ2n) is 5.45. The number of hydrogen-bond donors (Lipinski definition) is 1. The predicted molar refractivity (Wildman–Crippen MR) is 102 cm³/mol. The van der Waals surface area contributed by atoms with E-state index < -0.39 is 14.9 Å². The summed E-state index contributed by atoms with van der Waals surface area (Å²) in [7, 11) is -3.72. The Hall–Kier alpha value is -3.59. The molecular weight excluding hydrogens is 368 g/mol. The van der Waals surface area contributed by atoms with E-state index in [1.165, 1.54) is 30.5 Å². The first-order valence-electron chi connectivity index (χ1n) is 7.75. The first kappa shape index (κ1) is 18.2. The monoisotopic (exact) mass is 382 g/mol. The van der Waals surface area contributed by atoms with Crippen LogP contribution < -0.4 is 4.72 Å². The molecule has 0 radical (unpaired) electrons. The van der Waals surface area contributed by atoms with Crippen LogP contribution >= 0.6 is 0 Å². The normalized spacial score (nSPS) is 11.4. The molecule has 0 aliphatic heterocycles. The molecule has 0 amide bonds. The van der Waals surface area contributed by atoms with Crippen molar-refractivity contribution in [1.82, 2.24) is 4.98 Å². The van der Waals surface area contributed by atoms with Crippen molar-refractivity contribution < 1.29 is 13.3 Å². The van der Waals surface area contributed by atoms with Crippen LogP contribution in [-0.4, -0.2) is 24.5 Å². The molecule has 0 fully saturated rings. The molecule has 0 spiro atoms. The fraction of sp³-hybridized carbons (Fsp3) is 0. The largest absolute Gasteiger partial charge is 0.278 e. The van der Waals surface area contributed by atoms with Crippen LogP contribution in [0.2, 0.25) is 0 Å². The van der Waals surface area contributed by atoms with Gasteiger partial charge in [0.2, 0.25) is 0 Å². The van der Waals surface area contributed by atoms with Crippen molar-refractivity contribution in [2.45, 2.75) is 4.90 Å². The Kier molecular flexibility index (Phi) is 5.23. The van der Waals surface area contributed by atoms with Gasteiger partial charge in [0.25, 0.3) is 15.7 Å². The van der Waals surface area contributed by atoms with Crippen LogP contribution in [0.15, 0.2) is 82.9 Å². The minimum absolute atomic E-state index is 0.00262. The summed E-state index contributed by atoms with van der Waals surface area (Å²) in [6, 6.07) is 15.2. The van der Waals surface area contributed by atoms with Crippen molar-refractivity contribution in [3.8, 4) is 0 Å². The van der Waals surface area contributed by atoms with E-state index in [1.807, 2.05) is 0 Å². The van der Waals surface area contributed by atoms with E-state index in [4.69, 9.17) is 0 Å². The molecule has 3 aromatic rings. The van der Waals surface area contributed by atoms with Crippen molar-refractivity contribution >= 4 is 33.3 Å². The summed E-state index contributed by atoms with van der Waals surface area (Å²) in [5, 5.41) is 10.6. The molecule has 0 aliphatic rings. The van der Waals surface area contributed by atoms with Gasteiger partial charge in [-0.3, -0.25) is 24.8 Å². The highest BCUT2D eigenvalue weighted by Crippen LogP contribution is 2.19. The Morgan fingerprint density at radius 2 is 1.74 bits per heavy atom. The molecule has 3 rings (SSSR count). The number of nitro groups is 1. The molecule has 1 N–H and O–H groups in total. The van der Waals surface area contributed by atoms with Gasteiger partial charge in [0.05, 0.1) is 27.4 Å². The number of non-ortho nitro benzene ring substituents is 1. The molecule has 0 atom stereocenters. The van der Waals surface area contributed by atoms with Crippen LogP contribution in [-0.2, 0) is 10.0 Å². The van der Waals surface area contributed by atoms with Crippen molar-refractivity contribution in [3.63, 3.8) is 0 Å². The quantitative estimate of drug-likeness (QED) is 0.398. The van der Waals surface area contributed by atoms with Gasteiger partial charge >= 0.3 is 0 Å². The number of aliphatic imine (C=N–C) groups is 1. The lowest BCUT2D eigenvalue weighted by atomic mass is 10.2. The van der Waals surface area contributed by atoms with Crippen LogP contribution in [0, 0.1) is 10.1 Å². The van der Waals surface area contributed by atoms with Crippen LogP contribution in [0.5, 0.6) is 0 Å². The van der Waals surface area contributed by atoms with Gasteiger partial charge in [0.15, 0.2) is 0 Å². The molecule has 0 bridgehead atoms. The fourth-order valence-corrected chi connectivity index (χ4v) is 3.22. The lowest BCUT2D eigenvalue weighted by Crippen LogP contribution is -2.12. The SMILES string of the molecule is O=[N+]([O-])c1ccc(C=Nc2ccc(S(=O)(=O)Nc3cccnc3)cc2)cc1.